The number of likely N-dealkylation sites (N-methyl/N-ethyl adjacent to an activating group) is 1. The third-order valence-electron chi connectivity index (χ3n) is 9.82. The number of rotatable bonds is 35. The minimum absolute atomic E-state index is 0.134. The van der Waals surface area contributed by atoms with E-state index in [2.05, 4.69) is 38.2 Å². The summed E-state index contributed by atoms with van der Waals surface area (Å²) in [7, 11) is 3.47. The smallest absolute Gasteiger partial charge is 0.236 e. The Morgan fingerprint density at radius 2 is 0.787 bits per heavy atom. The summed E-state index contributed by atoms with van der Waals surface area (Å²) in [4.78, 5) is 41.3. The molecule has 0 aromatic rings. The van der Waals surface area contributed by atoms with Crippen molar-refractivity contribution in [2.75, 3.05) is 14.1 Å². The van der Waals surface area contributed by atoms with Gasteiger partial charge in [0.2, 0.25) is 5.91 Å². The SMILES string of the molecule is CCCCCCCC/C=C\CCCCCCCC(=O)C(C)(C(=O)CCCCCCC/C=C\CCCCCCCC)C(C(N)=O)N(C)C. The van der Waals surface area contributed by atoms with Gasteiger partial charge in [-0.3, -0.25) is 19.3 Å². The van der Waals surface area contributed by atoms with Gasteiger partial charge in [-0.05, 0) is 85.2 Å². The summed E-state index contributed by atoms with van der Waals surface area (Å²) in [5.74, 6) is -0.871. The standard InChI is InChI=1S/C42H78N2O3/c1-6-8-10-12-14-16-18-20-22-24-26-28-30-32-34-36-38(45)42(3,40(41(43)47)44(4)5)39(46)37-35-33-31-29-27-25-23-21-19-17-15-13-11-9-7-2/h20-23,40H,6-19,24-37H2,1-5H3,(H2,43,47)/b22-20-,23-21-. The van der Waals surface area contributed by atoms with Gasteiger partial charge in [0, 0.05) is 12.8 Å². The number of nitrogens with two attached hydrogens (primary N) is 1. The summed E-state index contributed by atoms with van der Waals surface area (Å²) in [6.45, 7) is 6.19. The van der Waals surface area contributed by atoms with Gasteiger partial charge in [-0.1, -0.05) is 141 Å². The van der Waals surface area contributed by atoms with Gasteiger partial charge in [0.1, 0.15) is 23.0 Å². The molecular formula is C42H78N2O3. The lowest BCUT2D eigenvalue weighted by Crippen LogP contribution is -2.58. The van der Waals surface area contributed by atoms with Crippen molar-refractivity contribution in [1.82, 2.24) is 4.90 Å². The lowest BCUT2D eigenvalue weighted by atomic mass is 9.71. The van der Waals surface area contributed by atoms with E-state index in [9.17, 15) is 14.4 Å². The molecule has 0 aliphatic carbocycles. The molecule has 0 aromatic carbocycles. The summed E-state index contributed by atoms with van der Waals surface area (Å²) in [6, 6.07) is -0.922. The van der Waals surface area contributed by atoms with Crippen molar-refractivity contribution in [2.45, 2.75) is 207 Å². The molecule has 0 heterocycles. The van der Waals surface area contributed by atoms with Crippen LogP contribution in [0.4, 0.5) is 0 Å². The maximum Gasteiger partial charge on any atom is 0.236 e. The van der Waals surface area contributed by atoms with Gasteiger partial charge in [-0.15, -0.1) is 0 Å². The lowest BCUT2D eigenvalue weighted by molar-refractivity contribution is -0.149. The fourth-order valence-electron chi connectivity index (χ4n) is 6.75. The van der Waals surface area contributed by atoms with E-state index < -0.39 is 17.4 Å². The molecule has 1 amide bonds. The molecule has 0 aromatic heterocycles. The number of carbonyl (C=O) groups excluding carboxylic acids is 3. The molecule has 0 bridgehead atoms. The maximum atomic E-state index is 13.6. The Kier molecular flexibility index (Phi) is 30.3. The van der Waals surface area contributed by atoms with Crippen molar-refractivity contribution in [3.05, 3.63) is 24.3 Å². The third kappa shape index (κ3) is 23.3. The maximum absolute atomic E-state index is 13.6. The van der Waals surface area contributed by atoms with Crippen LogP contribution in [0.25, 0.3) is 0 Å². The fourth-order valence-corrected chi connectivity index (χ4v) is 6.75. The minimum atomic E-state index is -1.39. The molecule has 0 saturated heterocycles. The second-order valence-electron chi connectivity index (χ2n) is 14.5. The van der Waals surface area contributed by atoms with E-state index in [0.717, 1.165) is 64.2 Å². The number of hydrogen-bond acceptors (Lipinski definition) is 4. The lowest BCUT2D eigenvalue weighted by Gasteiger charge is -2.37. The van der Waals surface area contributed by atoms with E-state index in [4.69, 9.17) is 5.73 Å². The van der Waals surface area contributed by atoms with Crippen molar-refractivity contribution in [3.63, 3.8) is 0 Å². The molecule has 0 aliphatic rings. The van der Waals surface area contributed by atoms with Crippen LogP contribution in [-0.4, -0.2) is 42.5 Å². The zero-order valence-electron chi connectivity index (χ0n) is 31.9. The highest BCUT2D eigenvalue weighted by atomic mass is 16.2. The summed E-state index contributed by atoms with van der Waals surface area (Å²) in [5, 5.41) is 0. The van der Waals surface area contributed by atoms with Crippen molar-refractivity contribution in [2.24, 2.45) is 11.1 Å². The molecule has 2 N–H and O–H groups in total. The van der Waals surface area contributed by atoms with Crippen LogP contribution < -0.4 is 5.73 Å². The molecule has 1 unspecified atom stereocenters. The average molecular weight is 659 g/mol. The van der Waals surface area contributed by atoms with E-state index in [-0.39, 0.29) is 11.6 Å². The van der Waals surface area contributed by atoms with Gasteiger partial charge in [-0.2, -0.15) is 0 Å². The normalized spacial score (nSPS) is 12.9. The third-order valence-corrected chi connectivity index (χ3v) is 9.82. The van der Waals surface area contributed by atoms with Crippen molar-refractivity contribution >= 4 is 17.5 Å². The molecule has 1 atom stereocenters. The van der Waals surface area contributed by atoms with E-state index >= 15 is 0 Å². The predicted molar refractivity (Wildman–Crippen MR) is 204 cm³/mol. The van der Waals surface area contributed by atoms with E-state index in [1.807, 2.05) is 0 Å². The summed E-state index contributed by atoms with van der Waals surface area (Å²) >= 11 is 0. The van der Waals surface area contributed by atoms with Crippen LogP contribution in [0, 0.1) is 5.41 Å². The molecule has 47 heavy (non-hydrogen) atoms. The number of amides is 1. The molecule has 0 fully saturated rings. The molecule has 0 saturated carbocycles. The van der Waals surface area contributed by atoms with Crippen molar-refractivity contribution in [3.8, 4) is 0 Å². The Morgan fingerprint density at radius 3 is 1.06 bits per heavy atom. The molecule has 5 heteroatoms. The number of allylic oxidation sites excluding steroid dienone is 4. The monoisotopic (exact) mass is 659 g/mol. The number of primary amides is 1. The Bertz CT molecular complexity index is 780. The van der Waals surface area contributed by atoms with Gasteiger partial charge < -0.3 is 5.73 Å². The van der Waals surface area contributed by atoms with Gasteiger partial charge in [0.15, 0.2) is 0 Å². The highest BCUT2D eigenvalue weighted by Gasteiger charge is 2.50. The number of hydrogen-bond donors (Lipinski definition) is 1. The summed E-state index contributed by atoms with van der Waals surface area (Å²) in [5.41, 5.74) is 4.38. The number of Topliss-reactive ketones (excluding diaryl/α,β-unsaturated/α-hetero) is 2. The zero-order valence-corrected chi connectivity index (χ0v) is 31.9. The van der Waals surface area contributed by atoms with Crippen LogP contribution in [-0.2, 0) is 14.4 Å². The average Bonchev–Trinajstić information content (AvgIpc) is 3.03. The van der Waals surface area contributed by atoms with E-state index in [1.165, 1.54) is 103 Å². The highest BCUT2D eigenvalue weighted by molar-refractivity contribution is 6.11. The van der Waals surface area contributed by atoms with Crippen LogP contribution in [0.15, 0.2) is 24.3 Å². The first-order valence-corrected chi connectivity index (χ1v) is 20.1. The molecule has 0 spiro atoms. The molecule has 0 aliphatic heterocycles. The Morgan fingerprint density at radius 1 is 0.511 bits per heavy atom. The van der Waals surface area contributed by atoms with Crippen LogP contribution in [0.5, 0.6) is 0 Å². The largest absolute Gasteiger partial charge is 0.368 e. The number of unbranched alkanes of at least 4 members (excludes halogenated alkanes) is 22. The summed E-state index contributed by atoms with van der Waals surface area (Å²) < 4.78 is 0. The first-order chi connectivity index (χ1) is 22.7. The van der Waals surface area contributed by atoms with Crippen molar-refractivity contribution in [1.29, 1.82) is 0 Å². The number of carbonyl (C=O) groups is 3. The van der Waals surface area contributed by atoms with Crippen molar-refractivity contribution < 1.29 is 14.4 Å². The van der Waals surface area contributed by atoms with Gasteiger partial charge in [-0.25, -0.2) is 0 Å². The van der Waals surface area contributed by atoms with Crippen LogP contribution >= 0.6 is 0 Å². The first kappa shape index (κ1) is 45.2. The quantitative estimate of drug-likeness (QED) is 0.0417. The molecule has 274 valence electrons. The molecular weight excluding hydrogens is 580 g/mol. The number of nitrogens with zero attached hydrogens (tertiary/aromatic N) is 1. The second-order valence-corrected chi connectivity index (χ2v) is 14.5. The number of ketones is 2. The summed E-state index contributed by atoms with van der Waals surface area (Å²) in [6.07, 6.45) is 41.0. The van der Waals surface area contributed by atoms with E-state index in [1.54, 1.807) is 25.9 Å². The molecule has 0 rings (SSSR count). The first-order valence-electron chi connectivity index (χ1n) is 20.1. The predicted octanol–water partition coefficient (Wildman–Crippen LogP) is 11.6. The Hall–Kier alpha value is -1.75. The topological polar surface area (TPSA) is 80.5 Å². The van der Waals surface area contributed by atoms with Gasteiger partial charge in [0.25, 0.3) is 0 Å². The second kappa shape index (κ2) is 31.5. The minimum Gasteiger partial charge on any atom is -0.368 e. The van der Waals surface area contributed by atoms with Crippen LogP contribution in [0.1, 0.15) is 201 Å². The van der Waals surface area contributed by atoms with E-state index in [0.29, 0.717) is 12.8 Å². The zero-order chi connectivity index (χ0) is 35.0. The Labute approximate surface area is 292 Å². The molecule has 5 nitrogen and oxygen atoms in total. The molecule has 0 radical (unpaired) electrons. The fraction of sp³-hybridized carbons (Fsp3) is 0.833. The van der Waals surface area contributed by atoms with Gasteiger partial charge in [0.05, 0.1) is 0 Å². The van der Waals surface area contributed by atoms with Crippen LogP contribution in [0.3, 0.4) is 0 Å². The highest BCUT2D eigenvalue weighted by Crippen LogP contribution is 2.32. The van der Waals surface area contributed by atoms with Crippen LogP contribution in [0.2, 0.25) is 0 Å². The van der Waals surface area contributed by atoms with Gasteiger partial charge >= 0.3 is 0 Å². The Balaban J connectivity index is 4.39.